The standard InChI is InChI=1S/C11H21N2.2C2H5.Al/c1-8(2)12-10(5)7-11(6)13-9(3)4;2*1-2;/h7-9H,1-6H3;2*1H2,2H3;/q-1;;;+1/b10-7-,13-11?;;;. The van der Waals surface area contributed by atoms with Crippen molar-refractivity contribution in [3.05, 3.63) is 11.8 Å². The van der Waals surface area contributed by atoms with Crippen molar-refractivity contribution < 1.29 is 0 Å². The van der Waals surface area contributed by atoms with Gasteiger partial charge in [0.2, 0.25) is 0 Å². The van der Waals surface area contributed by atoms with Gasteiger partial charge in [-0.05, 0) is 59.4 Å². The van der Waals surface area contributed by atoms with Gasteiger partial charge in [-0.25, -0.2) is 0 Å². The minimum absolute atomic E-state index is 0.381. The number of aliphatic imine (C=N–C) groups is 1. The average molecular weight is 266 g/mol. The third-order valence-electron chi connectivity index (χ3n) is 3.18. The van der Waals surface area contributed by atoms with Crippen LogP contribution in [-0.4, -0.2) is 36.0 Å². The van der Waals surface area contributed by atoms with Crippen molar-refractivity contribution >= 4 is 20.1 Å². The molecule has 0 saturated heterocycles. The largest absolute Gasteiger partial charge is 0.464 e. The fourth-order valence-electron chi connectivity index (χ4n) is 2.62. The number of allylic oxidation sites excluding steroid dienone is 2. The zero-order valence-electron chi connectivity index (χ0n) is 13.6. The molecule has 0 aromatic carbocycles. The second kappa shape index (κ2) is 8.78. The molecule has 0 unspecified atom stereocenters. The van der Waals surface area contributed by atoms with E-state index in [0.717, 1.165) is 5.71 Å². The monoisotopic (exact) mass is 266 g/mol. The van der Waals surface area contributed by atoms with E-state index in [1.54, 1.807) is 0 Å². The van der Waals surface area contributed by atoms with Crippen LogP contribution < -0.4 is 0 Å². The Kier molecular flexibility index (Phi) is 8.65. The van der Waals surface area contributed by atoms with E-state index in [0.29, 0.717) is 12.1 Å². The molecule has 0 atom stereocenters. The predicted molar refractivity (Wildman–Crippen MR) is 85.7 cm³/mol. The van der Waals surface area contributed by atoms with Gasteiger partial charge in [-0.2, -0.15) is 0 Å². The lowest BCUT2D eigenvalue weighted by Gasteiger charge is -2.35. The molecule has 0 amide bonds. The van der Waals surface area contributed by atoms with Gasteiger partial charge in [-0.1, -0.05) is 24.4 Å². The lowest BCUT2D eigenvalue weighted by Crippen LogP contribution is -2.41. The molecule has 3 heteroatoms. The molecule has 0 heterocycles. The lowest BCUT2D eigenvalue weighted by molar-refractivity contribution is 0.436. The van der Waals surface area contributed by atoms with E-state index >= 15 is 0 Å². The van der Waals surface area contributed by atoms with Crippen LogP contribution in [0.5, 0.6) is 0 Å². The van der Waals surface area contributed by atoms with Crippen LogP contribution in [0.4, 0.5) is 0 Å². The van der Waals surface area contributed by atoms with Crippen molar-refractivity contribution in [3.63, 3.8) is 0 Å². The molecule has 0 radical (unpaired) electrons. The van der Waals surface area contributed by atoms with E-state index in [1.807, 2.05) is 0 Å². The summed E-state index contributed by atoms with van der Waals surface area (Å²) in [5, 5.41) is 2.67. The van der Waals surface area contributed by atoms with E-state index in [2.05, 4.69) is 70.3 Å². The molecule has 0 aliphatic rings. The molecular formula is C15H31AlN2. The van der Waals surface area contributed by atoms with Crippen LogP contribution in [0.15, 0.2) is 16.8 Å². The minimum Gasteiger partial charge on any atom is -0.464 e. The van der Waals surface area contributed by atoms with E-state index in [4.69, 9.17) is 0 Å². The summed E-state index contributed by atoms with van der Waals surface area (Å²) < 4.78 is 2.67. The van der Waals surface area contributed by atoms with Gasteiger partial charge in [0.25, 0.3) is 0 Å². The van der Waals surface area contributed by atoms with Crippen LogP contribution >= 0.6 is 0 Å². The van der Waals surface area contributed by atoms with Gasteiger partial charge in [-0.15, -0.1) is 0 Å². The summed E-state index contributed by atoms with van der Waals surface area (Å²) in [6.07, 6.45) is 2.26. The Morgan fingerprint density at radius 2 is 1.61 bits per heavy atom. The molecule has 0 saturated carbocycles. The highest BCUT2D eigenvalue weighted by Crippen LogP contribution is 2.17. The lowest BCUT2D eigenvalue weighted by atomic mass is 10.3. The Balaban J connectivity index is 5.08. The van der Waals surface area contributed by atoms with Crippen LogP contribution in [0.1, 0.15) is 55.4 Å². The van der Waals surface area contributed by atoms with Gasteiger partial charge in [-0.3, -0.25) is 4.99 Å². The zero-order valence-corrected chi connectivity index (χ0v) is 14.8. The smallest absolute Gasteiger partial charge is 0.413 e. The summed E-state index contributed by atoms with van der Waals surface area (Å²) in [6, 6.07) is 0.983. The highest BCUT2D eigenvalue weighted by molar-refractivity contribution is 6.56. The van der Waals surface area contributed by atoms with Crippen LogP contribution in [0.2, 0.25) is 10.6 Å². The predicted octanol–water partition coefficient (Wildman–Crippen LogP) is 4.50. The van der Waals surface area contributed by atoms with Gasteiger partial charge < -0.3 is 3.88 Å². The quantitative estimate of drug-likeness (QED) is 0.489. The average Bonchev–Trinajstić information content (AvgIpc) is 2.23. The molecule has 0 aliphatic heterocycles. The Bertz CT molecular complexity index is 289. The summed E-state index contributed by atoms with van der Waals surface area (Å²) in [7, 11) is 0. The van der Waals surface area contributed by atoms with Gasteiger partial charge in [0.05, 0.1) is 0 Å². The molecule has 0 N–H and O–H groups in total. The first-order valence-corrected chi connectivity index (χ1v) is 9.49. The van der Waals surface area contributed by atoms with Crippen LogP contribution in [0.3, 0.4) is 0 Å². The first-order valence-electron chi connectivity index (χ1n) is 7.34. The third-order valence-corrected chi connectivity index (χ3v) is 6.85. The molecule has 0 aromatic heterocycles. The van der Waals surface area contributed by atoms with Crippen molar-refractivity contribution in [2.24, 2.45) is 4.99 Å². The number of hydrogen-bond acceptors (Lipinski definition) is 2. The molecular weight excluding hydrogens is 235 g/mol. The normalized spacial score (nSPS) is 13.4. The summed E-state index contributed by atoms with van der Waals surface area (Å²) in [5.41, 5.74) is 2.54. The SMILES string of the molecule is C[CH2][Al]([CH2]C)[N](/C(C)=C\C(C)=NC(C)C)C(C)C. The zero-order chi connectivity index (χ0) is 14.3. The Morgan fingerprint density at radius 1 is 1.11 bits per heavy atom. The summed E-state index contributed by atoms with van der Waals surface area (Å²) in [6.45, 7) is 17.9. The molecule has 0 aliphatic carbocycles. The second-order valence-electron chi connectivity index (χ2n) is 5.62. The molecule has 0 aromatic rings. The molecule has 0 rings (SSSR count). The maximum atomic E-state index is 4.60. The molecule has 104 valence electrons. The van der Waals surface area contributed by atoms with E-state index in [1.165, 1.54) is 16.3 Å². The fourth-order valence-corrected chi connectivity index (χ4v) is 5.48. The fraction of sp³-hybridized carbons (Fsp3) is 0.800. The van der Waals surface area contributed by atoms with E-state index in [-0.39, 0.29) is 0 Å². The maximum Gasteiger partial charge on any atom is 0.413 e. The Morgan fingerprint density at radius 3 is 1.94 bits per heavy atom. The van der Waals surface area contributed by atoms with Gasteiger partial charge in [0.1, 0.15) is 0 Å². The topological polar surface area (TPSA) is 15.6 Å². The highest BCUT2D eigenvalue weighted by atomic mass is 27.2. The van der Waals surface area contributed by atoms with Crippen LogP contribution in [-0.2, 0) is 0 Å². The van der Waals surface area contributed by atoms with Crippen LogP contribution in [0.25, 0.3) is 0 Å². The van der Waals surface area contributed by atoms with Crippen molar-refractivity contribution in [1.29, 1.82) is 0 Å². The van der Waals surface area contributed by atoms with Gasteiger partial charge in [0.15, 0.2) is 0 Å². The summed E-state index contributed by atoms with van der Waals surface area (Å²) in [4.78, 5) is 4.60. The third kappa shape index (κ3) is 6.07. The molecule has 0 fully saturated rings. The second-order valence-corrected chi connectivity index (χ2v) is 9.12. The van der Waals surface area contributed by atoms with Crippen molar-refractivity contribution in [2.75, 3.05) is 0 Å². The molecule has 2 nitrogen and oxygen atoms in total. The van der Waals surface area contributed by atoms with E-state index < -0.39 is 14.4 Å². The highest BCUT2D eigenvalue weighted by Gasteiger charge is 2.25. The van der Waals surface area contributed by atoms with E-state index in [9.17, 15) is 0 Å². The number of rotatable bonds is 7. The Hall–Kier alpha value is -0.258. The van der Waals surface area contributed by atoms with Gasteiger partial charge in [0, 0.05) is 11.8 Å². The number of hydrogen-bond donors (Lipinski definition) is 0. The molecule has 0 spiro atoms. The summed E-state index contributed by atoms with van der Waals surface area (Å²) in [5.74, 6) is 0. The van der Waals surface area contributed by atoms with Crippen molar-refractivity contribution in [2.45, 2.75) is 78.0 Å². The summed E-state index contributed by atoms with van der Waals surface area (Å²) >= 11 is -0.807. The first kappa shape index (κ1) is 17.7. The maximum absolute atomic E-state index is 4.60. The van der Waals surface area contributed by atoms with Crippen molar-refractivity contribution in [1.82, 2.24) is 3.88 Å². The minimum atomic E-state index is -0.807. The van der Waals surface area contributed by atoms with Crippen LogP contribution in [0, 0.1) is 0 Å². The molecule has 18 heavy (non-hydrogen) atoms. The van der Waals surface area contributed by atoms with Crippen molar-refractivity contribution in [3.8, 4) is 0 Å². The Labute approximate surface area is 119 Å². The van der Waals surface area contributed by atoms with Gasteiger partial charge >= 0.3 is 14.4 Å². The number of nitrogens with zero attached hydrogens (tertiary/aromatic N) is 2. The first-order chi connectivity index (χ1) is 8.33. The molecule has 0 bridgehead atoms.